The van der Waals surface area contributed by atoms with Crippen LogP contribution < -0.4 is 21.9 Å². The first-order valence-electron chi connectivity index (χ1n) is 15.9. The lowest BCUT2D eigenvalue weighted by Gasteiger charge is -2.13. The maximum atomic E-state index is 13.1. The van der Waals surface area contributed by atoms with Crippen LogP contribution in [-0.2, 0) is 20.1 Å². The number of phenolic OH excluding ortho intramolecular Hbond substituents is 1. The second kappa shape index (κ2) is 14.7. The van der Waals surface area contributed by atoms with E-state index in [-0.39, 0.29) is 38.4 Å². The summed E-state index contributed by atoms with van der Waals surface area (Å²) in [7, 11) is -8.98. The van der Waals surface area contributed by atoms with Gasteiger partial charge >= 0.3 is 0 Å². The quantitative estimate of drug-likeness (QED) is 0.0440. The molecule has 0 saturated heterocycles. The lowest BCUT2D eigenvalue weighted by molar-refractivity contribution is 0.472. The van der Waals surface area contributed by atoms with E-state index < -0.39 is 36.5 Å². The molecule has 0 saturated carbocycles. The number of aromatic hydroxyl groups is 1. The highest BCUT2D eigenvalue weighted by Crippen LogP contribution is 2.47. The minimum Gasteiger partial charge on any atom is -0.505 e. The van der Waals surface area contributed by atoms with Crippen LogP contribution in [-0.4, -0.2) is 26.5 Å². The van der Waals surface area contributed by atoms with Crippen molar-refractivity contribution in [2.24, 2.45) is 30.7 Å². The number of hydrogen-bond acceptors (Lipinski definition) is 14. The van der Waals surface area contributed by atoms with Crippen molar-refractivity contribution in [3.8, 4) is 5.75 Å². The fraction of sp³-hybridized carbons (Fsp3) is 0.0556. The van der Waals surface area contributed by atoms with E-state index in [9.17, 15) is 26.5 Å². The van der Waals surface area contributed by atoms with Crippen LogP contribution in [0, 0.1) is 13.8 Å². The second-order valence-electron chi connectivity index (χ2n) is 12.0. The van der Waals surface area contributed by atoms with Crippen molar-refractivity contribution in [1.82, 2.24) is 0 Å². The van der Waals surface area contributed by atoms with Gasteiger partial charge in [0, 0.05) is 5.69 Å². The van der Waals surface area contributed by atoms with Gasteiger partial charge in [0.1, 0.15) is 22.0 Å². The van der Waals surface area contributed by atoms with Crippen LogP contribution in [0.25, 0.3) is 10.8 Å². The number of nitrogen functional groups attached to an aromatic ring is 3. The zero-order chi connectivity index (χ0) is 38.8. The SMILES string of the molecule is Cc1ccc(N=Nc2c(C)cc3cc(S(=O)(=O)O)c(N=Nc4ccc(S(=O)(=O)Nc5ccc(N=Nc6c(N)cccc6N)cc5)cc4)c(O)c3c2N)cc1. The molecule has 0 amide bonds. The van der Waals surface area contributed by atoms with Gasteiger partial charge in [-0.2, -0.15) is 23.8 Å². The molecule has 54 heavy (non-hydrogen) atoms. The van der Waals surface area contributed by atoms with Gasteiger partial charge in [0.25, 0.3) is 20.1 Å². The number of azo groups is 3. The lowest BCUT2D eigenvalue weighted by atomic mass is 10.0. The van der Waals surface area contributed by atoms with Crippen molar-refractivity contribution in [2.45, 2.75) is 23.6 Å². The highest BCUT2D eigenvalue weighted by Gasteiger charge is 2.25. The minimum absolute atomic E-state index is 0.00834. The van der Waals surface area contributed by atoms with Gasteiger partial charge in [0.2, 0.25) is 0 Å². The Bertz CT molecular complexity index is 2700. The van der Waals surface area contributed by atoms with Gasteiger partial charge in [-0.15, -0.1) is 15.3 Å². The third-order valence-electron chi connectivity index (χ3n) is 8.01. The van der Waals surface area contributed by atoms with E-state index in [1.54, 1.807) is 49.4 Å². The predicted molar refractivity (Wildman–Crippen MR) is 207 cm³/mol. The van der Waals surface area contributed by atoms with Gasteiger partial charge < -0.3 is 22.3 Å². The monoisotopic (exact) mass is 764 g/mol. The van der Waals surface area contributed by atoms with E-state index in [0.29, 0.717) is 34.0 Å². The number of rotatable bonds is 10. The van der Waals surface area contributed by atoms with Gasteiger partial charge in [-0.25, -0.2) is 8.42 Å². The maximum Gasteiger partial charge on any atom is 0.296 e. The summed E-state index contributed by atoms with van der Waals surface area (Å²) in [5, 5.41) is 36.1. The summed E-state index contributed by atoms with van der Waals surface area (Å²) in [6.45, 7) is 3.62. The van der Waals surface area contributed by atoms with E-state index in [1.165, 1.54) is 42.5 Å². The molecular formula is C36H32N10O6S2. The van der Waals surface area contributed by atoms with Crippen molar-refractivity contribution in [3.05, 3.63) is 114 Å². The largest absolute Gasteiger partial charge is 0.505 e. The molecule has 18 heteroatoms. The molecule has 16 nitrogen and oxygen atoms in total. The third-order valence-corrected chi connectivity index (χ3v) is 10.3. The number of fused-ring (bicyclic) bond motifs is 1. The number of aryl methyl sites for hydroxylation is 2. The Hall–Kier alpha value is -6.76. The van der Waals surface area contributed by atoms with Crippen LogP contribution in [0.15, 0.2) is 144 Å². The zero-order valence-electron chi connectivity index (χ0n) is 28.6. The van der Waals surface area contributed by atoms with Gasteiger partial charge in [-0.3, -0.25) is 9.27 Å². The minimum atomic E-state index is -4.92. The van der Waals surface area contributed by atoms with Crippen LogP contribution >= 0.6 is 0 Å². The topological polar surface area (TPSA) is 273 Å². The van der Waals surface area contributed by atoms with E-state index in [2.05, 4.69) is 35.4 Å². The Labute approximate surface area is 309 Å². The van der Waals surface area contributed by atoms with Gasteiger partial charge in [-0.05, 0) is 110 Å². The normalized spacial score (nSPS) is 12.4. The van der Waals surface area contributed by atoms with Crippen molar-refractivity contribution >= 4 is 87.8 Å². The average molecular weight is 765 g/mol. The molecule has 0 aliphatic heterocycles. The molecule has 274 valence electrons. The molecule has 0 atom stereocenters. The number of benzene rings is 6. The zero-order valence-corrected chi connectivity index (χ0v) is 30.2. The van der Waals surface area contributed by atoms with Crippen molar-refractivity contribution in [1.29, 1.82) is 0 Å². The van der Waals surface area contributed by atoms with Crippen LogP contribution in [0.5, 0.6) is 5.75 Å². The summed E-state index contributed by atoms with van der Waals surface area (Å²) in [5.41, 5.74) is 21.8. The fourth-order valence-electron chi connectivity index (χ4n) is 5.24. The molecule has 0 heterocycles. The number of anilines is 4. The Morgan fingerprint density at radius 3 is 1.67 bits per heavy atom. The smallest absolute Gasteiger partial charge is 0.296 e. The predicted octanol–water partition coefficient (Wildman–Crippen LogP) is 9.20. The number of hydrogen-bond donors (Lipinski definition) is 6. The number of nitrogens with one attached hydrogen (secondary N) is 1. The van der Waals surface area contributed by atoms with E-state index in [1.807, 2.05) is 19.1 Å². The van der Waals surface area contributed by atoms with Crippen LogP contribution in [0.3, 0.4) is 0 Å². The first-order chi connectivity index (χ1) is 25.6. The Balaban J connectivity index is 1.24. The first-order valence-corrected chi connectivity index (χ1v) is 18.8. The molecule has 6 aromatic rings. The molecule has 9 N–H and O–H groups in total. The average Bonchev–Trinajstić information content (AvgIpc) is 3.11. The van der Waals surface area contributed by atoms with Gasteiger partial charge in [0.15, 0.2) is 5.75 Å². The molecule has 0 radical (unpaired) electrons. The van der Waals surface area contributed by atoms with Crippen LogP contribution in [0.4, 0.5) is 56.9 Å². The highest BCUT2D eigenvalue weighted by molar-refractivity contribution is 7.92. The Morgan fingerprint density at radius 1 is 0.611 bits per heavy atom. The molecule has 0 fully saturated rings. The Kier molecular flexibility index (Phi) is 10.1. The van der Waals surface area contributed by atoms with E-state index >= 15 is 0 Å². The van der Waals surface area contributed by atoms with Gasteiger partial charge in [-0.1, -0.05) is 23.8 Å². The molecular weight excluding hydrogens is 733 g/mol. The van der Waals surface area contributed by atoms with Crippen LogP contribution in [0.1, 0.15) is 11.1 Å². The van der Waals surface area contributed by atoms with Crippen molar-refractivity contribution in [2.75, 3.05) is 21.9 Å². The summed E-state index contributed by atoms with van der Waals surface area (Å²) < 4.78 is 63.6. The van der Waals surface area contributed by atoms with Crippen molar-refractivity contribution < 1.29 is 26.5 Å². The summed E-state index contributed by atoms with van der Waals surface area (Å²) >= 11 is 0. The summed E-state index contributed by atoms with van der Waals surface area (Å²) in [6, 6.07) is 26.1. The van der Waals surface area contributed by atoms with E-state index in [4.69, 9.17) is 17.2 Å². The highest BCUT2D eigenvalue weighted by atomic mass is 32.2. The molecule has 6 aromatic carbocycles. The fourth-order valence-corrected chi connectivity index (χ4v) is 6.96. The maximum absolute atomic E-state index is 13.1. The molecule has 0 spiro atoms. The molecule has 0 aromatic heterocycles. The lowest BCUT2D eigenvalue weighted by Crippen LogP contribution is -2.12. The molecule has 0 unspecified atom stereocenters. The molecule has 0 aliphatic rings. The third kappa shape index (κ3) is 7.99. The first kappa shape index (κ1) is 37.0. The standard InChI is InChI=1S/C36H32N10O6S2/c1-20-6-8-23(9-7-20)40-43-33-21(2)18-22-19-30(54(50,51)52)35(36(47)31(22)32(33)39)45-42-25-14-16-27(17-15-25)53(48,49)46-26-12-10-24(11-13-26)41-44-34-28(37)4-3-5-29(34)38/h3-19,46-47H,37-39H2,1-2H3,(H,50,51,52). The van der Waals surface area contributed by atoms with Crippen molar-refractivity contribution in [3.63, 3.8) is 0 Å². The Morgan fingerprint density at radius 2 is 1.11 bits per heavy atom. The molecule has 0 aliphatic carbocycles. The van der Waals surface area contributed by atoms with E-state index in [0.717, 1.165) is 11.6 Å². The molecule has 6 rings (SSSR count). The number of nitrogens with two attached hydrogens (primary N) is 3. The molecule has 0 bridgehead atoms. The number of phenols is 1. The number of nitrogens with zero attached hydrogens (tertiary/aromatic N) is 6. The number of sulfonamides is 1. The summed E-state index contributed by atoms with van der Waals surface area (Å²) in [6.07, 6.45) is 0. The summed E-state index contributed by atoms with van der Waals surface area (Å²) in [4.78, 5) is -0.851. The van der Waals surface area contributed by atoms with Gasteiger partial charge in [0.05, 0.1) is 44.4 Å². The summed E-state index contributed by atoms with van der Waals surface area (Å²) in [5.74, 6) is -0.683. The second-order valence-corrected chi connectivity index (χ2v) is 15.0. The van der Waals surface area contributed by atoms with Crippen LogP contribution in [0.2, 0.25) is 0 Å².